The van der Waals surface area contributed by atoms with E-state index < -0.39 is 0 Å². The van der Waals surface area contributed by atoms with Crippen LogP contribution in [-0.2, 0) is 4.79 Å². The van der Waals surface area contributed by atoms with Crippen molar-refractivity contribution in [2.24, 2.45) is 0 Å². The first kappa shape index (κ1) is 7.47. The van der Waals surface area contributed by atoms with Crippen molar-refractivity contribution in [3.8, 4) is 0 Å². The molecule has 2 heterocycles. The molecule has 0 radical (unpaired) electrons. The molecule has 0 saturated carbocycles. The Morgan fingerprint density at radius 1 is 1.64 bits per heavy atom. The molecule has 2 fully saturated rings. The van der Waals surface area contributed by atoms with Crippen LogP contribution in [0.3, 0.4) is 0 Å². The average molecular weight is 171 g/mol. The fourth-order valence-electron chi connectivity index (χ4n) is 1.75. The van der Waals surface area contributed by atoms with Crippen LogP contribution in [0.15, 0.2) is 0 Å². The highest BCUT2D eigenvalue weighted by atomic mass is 32.2. The van der Waals surface area contributed by atoms with E-state index in [2.05, 4.69) is 20.8 Å². The summed E-state index contributed by atoms with van der Waals surface area (Å²) in [5.41, 5.74) is 0. The normalized spacial score (nSPS) is 40.3. The van der Waals surface area contributed by atoms with Crippen molar-refractivity contribution in [2.45, 2.75) is 43.4 Å². The number of hydrogen-bond acceptors (Lipinski definition) is 2. The van der Waals surface area contributed by atoms with Gasteiger partial charge in [0.2, 0.25) is 5.91 Å². The average Bonchev–Trinajstić information content (AvgIpc) is 2.01. The number of carbonyl (C=O) groups is 1. The Labute approximate surface area is 71.3 Å². The summed E-state index contributed by atoms with van der Waals surface area (Å²) in [6, 6.07) is 0.416. The molecule has 2 saturated heterocycles. The van der Waals surface area contributed by atoms with E-state index in [1.165, 1.54) is 0 Å². The van der Waals surface area contributed by atoms with Gasteiger partial charge in [-0.1, -0.05) is 0 Å². The summed E-state index contributed by atoms with van der Waals surface area (Å²) < 4.78 is 0.261. The Bertz CT molecular complexity index is 214. The first-order chi connectivity index (χ1) is 5.02. The quantitative estimate of drug-likeness (QED) is 0.514. The van der Waals surface area contributed by atoms with Gasteiger partial charge in [-0.05, 0) is 20.8 Å². The lowest BCUT2D eigenvalue weighted by Crippen LogP contribution is -2.52. The molecule has 2 aliphatic rings. The maximum absolute atomic E-state index is 11.1. The molecule has 11 heavy (non-hydrogen) atoms. The molecule has 2 aliphatic heterocycles. The summed E-state index contributed by atoms with van der Waals surface area (Å²) in [6.07, 6.45) is 0.762. The zero-order chi connectivity index (χ0) is 8.22. The fourth-order valence-corrected chi connectivity index (χ4v) is 3.40. The minimum absolute atomic E-state index is 0.261. The van der Waals surface area contributed by atoms with Crippen molar-refractivity contribution in [3.63, 3.8) is 0 Å². The molecule has 2 nitrogen and oxygen atoms in total. The van der Waals surface area contributed by atoms with E-state index in [4.69, 9.17) is 0 Å². The number of β-lactam (4-membered cyclic amide) rings is 1. The van der Waals surface area contributed by atoms with Crippen molar-refractivity contribution in [1.82, 2.24) is 4.90 Å². The van der Waals surface area contributed by atoms with Crippen molar-refractivity contribution in [1.29, 1.82) is 0 Å². The molecule has 2 atom stereocenters. The summed E-state index contributed by atoms with van der Waals surface area (Å²) in [7, 11) is 0. The molecule has 0 aromatic heterocycles. The number of carbonyl (C=O) groups excluding carboxylic acids is 1. The Morgan fingerprint density at radius 2 is 2.27 bits per heavy atom. The molecular weight excluding hydrogens is 158 g/mol. The summed E-state index contributed by atoms with van der Waals surface area (Å²) in [5.74, 6) is 0.334. The third-order valence-corrected chi connectivity index (χ3v) is 4.43. The molecule has 0 aromatic carbocycles. The molecule has 3 heteroatoms. The molecule has 2 rings (SSSR count). The molecule has 0 spiro atoms. The number of thioether (sulfide) groups is 1. The predicted octanol–water partition coefficient (Wildman–Crippen LogP) is 1.46. The Hall–Kier alpha value is -0.180. The molecule has 0 N–H and O–H groups in total. The highest BCUT2D eigenvalue weighted by Crippen LogP contribution is 2.50. The van der Waals surface area contributed by atoms with Crippen LogP contribution in [0.4, 0.5) is 0 Å². The number of amides is 1. The molecule has 62 valence electrons. The van der Waals surface area contributed by atoms with Crippen LogP contribution >= 0.6 is 11.8 Å². The van der Waals surface area contributed by atoms with Gasteiger partial charge in [0, 0.05) is 10.8 Å². The molecule has 0 aliphatic carbocycles. The van der Waals surface area contributed by atoms with Gasteiger partial charge in [-0.2, -0.15) is 0 Å². The Morgan fingerprint density at radius 3 is 2.64 bits per heavy atom. The van der Waals surface area contributed by atoms with Gasteiger partial charge in [0.05, 0.1) is 11.8 Å². The Kier molecular flexibility index (Phi) is 1.32. The van der Waals surface area contributed by atoms with E-state index in [0.29, 0.717) is 17.3 Å². The highest BCUT2D eigenvalue weighted by Gasteiger charge is 2.53. The maximum Gasteiger partial charge on any atom is 0.226 e. The lowest BCUT2D eigenvalue weighted by atomic mass is 10.0. The van der Waals surface area contributed by atoms with E-state index in [-0.39, 0.29) is 4.75 Å². The van der Waals surface area contributed by atoms with Crippen LogP contribution in [-0.4, -0.2) is 27.0 Å². The number of hydrogen-bond donors (Lipinski definition) is 0. The standard InChI is InChI=1S/C8H13NOS/c1-5-8(2,3)11-7-4-6(10)9(5)7/h5,7H,4H2,1-3H3. The first-order valence-electron chi connectivity index (χ1n) is 4.01. The second-order valence-electron chi connectivity index (χ2n) is 3.86. The van der Waals surface area contributed by atoms with Crippen molar-refractivity contribution in [2.75, 3.05) is 0 Å². The molecule has 2 unspecified atom stereocenters. The van der Waals surface area contributed by atoms with Gasteiger partial charge in [0.1, 0.15) is 0 Å². The molecule has 0 aromatic rings. The van der Waals surface area contributed by atoms with E-state index in [0.717, 1.165) is 6.42 Å². The summed E-state index contributed by atoms with van der Waals surface area (Å²) in [4.78, 5) is 13.1. The lowest BCUT2D eigenvalue weighted by Gasteiger charge is -2.37. The minimum atomic E-state index is 0.261. The highest BCUT2D eigenvalue weighted by molar-refractivity contribution is 8.01. The number of fused-ring (bicyclic) bond motifs is 1. The first-order valence-corrected chi connectivity index (χ1v) is 4.89. The van der Waals surface area contributed by atoms with Gasteiger partial charge < -0.3 is 4.90 Å². The Balaban J connectivity index is 2.22. The molecule has 1 amide bonds. The van der Waals surface area contributed by atoms with Crippen LogP contribution in [0, 0.1) is 0 Å². The third-order valence-electron chi connectivity index (χ3n) is 2.81. The van der Waals surface area contributed by atoms with Crippen molar-refractivity contribution < 1.29 is 4.79 Å². The van der Waals surface area contributed by atoms with Crippen LogP contribution in [0.1, 0.15) is 27.2 Å². The third kappa shape index (κ3) is 0.835. The van der Waals surface area contributed by atoms with Gasteiger partial charge in [-0.3, -0.25) is 4.79 Å². The van der Waals surface area contributed by atoms with Gasteiger partial charge in [-0.25, -0.2) is 0 Å². The summed E-state index contributed by atoms with van der Waals surface area (Å²) in [5, 5.41) is 0.493. The van der Waals surface area contributed by atoms with Crippen LogP contribution < -0.4 is 0 Å². The smallest absolute Gasteiger partial charge is 0.226 e. The van der Waals surface area contributed by atoms with Crippen LogP contribution in [0.5, 0.6) is 0 Å². The predicted molar refractivity (Wildman–Crippen MR) is 46.4 cm³/mol. The largest absolute Gasteiger partial charge is 0.326 e. The second-order valence-corrected chi connectivity index (χ2v) is 5.69. The minimum Gasteiger partial charge on any atom is -0.326 e. The van der Waals surface area contributed by atoms with Crippen molar-refractivity contribution in [3.05, 3.63) is 0 Å². The monoisotopic (exact) mass is 171 g/mol. The SMILES string of the molecule is CC1N2C(=O)CC2SC1(C)C. The van der Waals surface area contributed by atoms with Gasteiger partial charge >= 0.3 is 0 Å². The van der Waals surface area contributed by atoms with E-state index in [1.807, 2.05) is 16.7 Å². The van der Waals surface area contributed by atoms with Crippen LogP contribution in [0.25, 0.3) is 0 Å². The second kappa shape index (κ2) is 1.94. The van der Waals surface area contributed by atoms with Crippen molar-refractivity contribution >= 4 is 17.7 Å². The summed E-state index contributed by atoms with van der Waals surface area (Å²) in [6.45, 7) is 6.58. The zero-order valence-corrected chi connectivity index (χ0v) is 7.94. The van der Waals surface area contributed by atoms with E-state index in [1.54, 1.807) is 0 Å². The van der Waals surface area contributed by atoms with Gasteiger partial charge in [-0.15, -0.1) is 11.8 Å². The molecular formula is C8H13NOS. The maximum atomic E-state index is 11.1. The molecule has 0 bridgehead atoms. The zero-order valence-electron chi connectivity index (χ0n) is 7.13. The topological polar surface area (TPSA) is 20.3 Å². The van der Waals surface area contributed by atoms with E-state index >= 15 is 0 Å². The number of rotatable bonds is 0. The lowest BCUT2D eigenvalue weighted by molar-refractivity contribution is -0.143. The van der Waals surface area contributed by atoms with Gasteiger partial charge in [0.15, 0.2) is 0 Å². The van der Waals surface area contributed by atoms with Crippen LogP contribution in [0.2, 0.25) is 0 Å². The van der Waals surface area contributed by atoms with Gasteiger partial charge in [0.25, 0.3) is 0 Å². The number of nitrogens with zero attached hydrogens (tertiary/aromatic N) is 1. The van der Waals surface area contributed by atoms with E-state index in [9.17, 15) is 4.79 Å². The fraction of sp³-hybridized carbons (Fsp3) is 0.875. The summed E-state index contributed by atoms with van der Waals surface area (Å²) >= 11 is 1.93.